The molecule has 0 radical (unpaired) electrons. The third-order valence-corrected chi connectivity index (χ3v) is 6.08. The number of nitrogens with one attached hydrogen (secondary N) is 1. The van der Waals surface area contributed by atoms with Crippen molar-refractivity contribution < 1.29 is 13.2 Å². The molecule has 2 heterocycles. The van der Waals surface area contributed by atoms with Crippen LogP contribution in [0.15, 0.2) is 40.0 Å². The van der Waals surface area contributed by atoms with E-state index in [1.54, 1.807) is 18.2 Å². The van der Waals surface area contributed by atoms with Gasteiger partial charge in [-0.1, -0.05) is 0 Å². The standard InChI is InChI=1S/C15H17N3O4S/c16-15(20)10-5-7-18(8-6-10)23(21,22)12-2-3-13-11(9-12)1-4-14(19)17-13/h1-4,9-10H,5-8H2,(H2,16,20)(H,17,19). The Morgan fingerprint density at radius 3 is 2.52 bits per heavy atom. The minimum Gasteiger partial charge on any atom is -0.369 e. The van der Waals surface area contributed by atoms with Gasteiger partial charge in [0.05, 0.1) is 4.90 Å². The van der Waals surface area contributed by atoms with E-state index >= 15 is 0 Å². The topological polar surface area (TPSA) is 113 Å². The summed E-state index contributed by atoms with van der Waals surface area (Å²) in [7, 11) is -3.62. The second kappa shape index (κ2) is 5.78. The third-order valence-electron chi connectivity index (χ3n) is 4.19. The van der Waals surface area contributed by atoms with Crippen LogP contribution in [0, 0.1) is 5.92 Å². The number of benzene rings is 1. The highest BCUT2D eigenvalue weighted by molar-refractivity contribution is 7.89. The van der Waals surface area contributed by atoms with Crippen LogP contribution < -0.4 is 11.3 Å². The fraction of sp³-hybridized carbons (Fsp3) is 0.333. The van der Waals surface area contributed by atoms with Crippen molar-refractivity contribution in [3.63, 3.8) is 0 Å². The smallest absolute Gasteiger partial charge is 0.248 e. The highest BCUT2D eigenvalue weighted by Gasteiger charge is 2.31. The van der Waals surface area contributed by atoms with E-state index in [1.165, 1.54) is 16.4 Å². The molecule has 3 N–H and O–H groups in total. The molecule has 0 bridgehead atoms. The molecule has 0 atom stereocenters. The fourth-order valence-electron chi connectivity index (χ4n) is 2.82. The summed E-state index contributed by atoms with van der Waals surface area (Å²) < 4.78 is 26.8. The third kappa shape index (κ3) is 2.99. The molecular formula is C15H17N3O4S. The first kappa shape index (κ1) is 15.7. The first-order chi connectivity index (χ1) is 10.9. The summed E-state index contributed by atoms with van der Waals surface area (Å²) in [6.07, 6.45) is 0.880. The van der Waals surface area contributed by atoms with Crippen LogP contribution in [0.2, 0.25) is 0 Å². The maximum Gasteiger partial charge on any atom is 0.248 e. The number of hydrogen-bond donors (Lipinski definition) is 2. The van der Waals surface area contributed by atoms with E-state index in [9.17, 15) is 18.0 Å². The van der Waals surface area contributed by atoms with Crippen molar-refractivity contribution in [1.82, 2.24) is 9.29 Å². The van der Waals surface area contributed by atoms with Gasteiger partial charge in [-0.2, -0.15) is 4.31 Å². The molecule has 7 nitrogen and oxygen atoms in total. The summed E-state index contributed by atoms with van der Waals surface area (Å²) in [5.41, 5.74) is 5.62. The number of fused-ring (bicyclic) bond motifs is 1. The lowest BCUT2D eigenvalue weighted by molar-refractivity contribution is -0.122. The molecule has 1 aliphatic heterocycles. The van der Waals surface area contributed by atoms with Crippen molar-refractivity contribution in [2.45, 2.75) is 17.7 Å². The van der Waals surface area contributed by atoms with Crippen molar-refractivity contribution in [3.8, 4) is 0 Å². The van der Waals surface area contributed by atoms with E-state index in [2.05, 4.69) is 4.98 Å². The van der Waals surface area contributed by atoms with Gasteiger partial charge in [0, 0.05) is 30.6 Å². The Labute approximate surface area is 133 Å². The molecule has 8 heteroatoms. The monoisotopic (exact) mass is 335 g/mol. The predicted octanol–water partition coefficient (Wildman–Crippen LogP) is 0.414. The summed E-state index contributed by atoms with van der Waals surface area (Å²) in [5.74, 6) is -0.639. The lowest BCUT2D eigenvalue weighted by atomic mass is 9.98. The van der Waals surface area contributed by atoms with E-state index < -0.39 is 10.0 Å². The number of carbonyl (C=O) groups excluding carboxylic acids is 1. The second-order valence-electron chi connectivity index (χ2n) is 5.65. The SMILES string of the molecule is NC(=O)C1CCN(S(=O)(=O)c2ccc3[nH]c(=O)ccc3c2)CC1. The Balaban J connectivity index is 1.89. The van der Waals surface area contributed by atoms with Gasteiger partial charge < -0.3 is 10.7 Å². The van der Waals surface area contributed by atoms with Crippen molar-refractivity contribution >= 4 is 26.8 Å². The Morgan fingerprint density at radius 2 is 1.87 bits per heavy atom. The van der Waals surface area contributed by atoms with Crippen molar-refractivity contribution in [2.75, 3.05) is 13.1 Å². The zero-order valence-electron chi connectivity index (χ0n) is 12.4. The number of hydrogen-bond acceptors (Lipinski definition) is 4. The van der Waals surface area contributed by atoms with E-state index in [0.29, 0.717) is 23.7 Å². The number of nitrogens with two attached hydrogens (primary N) is 1. The first-order valence-corrected chi connectivity index (χ1v) is 8.74. The molecule has 0 unspecified atom stereocenters. The molecule has 1 saturated heterocycles. The van der Waals surface area contributed by atoms with Crippen LogP contribution in [0.1, 0.15) is 12.8 Å². The molecule has 0 aliphatic carbocycles. The predicted molar refractivity (Wildman–Crippen MR) is 85.2 cm³/mol. The first-order valence-electron chi connectivity index (χ1n) is 7.30. The van der Waals surface area contributed by atoms with Crippen LogP contribution in [-0.4, -0.2) is 36.7 Å². The highest BCUT2D eigenvalue weighted by Crippen LogP contribution is 2.25. The summed E-state index contributed by atoms with van der Waals surface area (Å²) >= 11 is 0. The van der Waals surface area contributed by atoms with Gasteiger partial charge in [-0.25, -0.2) is 8.42 Å². The number of amides is 1. The number of rotatable bonds is 3. The van der Waals surface area contributed by atoms with Crippen LogP contribution in [-0.2, 0) is 14.8 Å². The maximum atomic E-state index is 12.7. The van der Waals surface area contributed by atoms with Gasteiger partial charge in [-0.15, -0.1) is 0 Å². The largest absolute Gasteiger partial charge is 0.369 e. The molecule has 23 heavy (non-hydrogen) atoms. The van der Waals surface area contributed by atoms with Gasteiger partial charge in [0.1, 0.15) is 0 Å². The van der Waals surface area contributed by atoms with Gasteiger partial charge in [0.2, 0.25) is 21.5 Å². The molecule has 3 rings (SSSR count). The molecule has 1 aromatic heterocycles. The van der Waals surface area contributed by atoms with Crippen molar-refractivity contribution in [2.24, 2.45) is 11.7 Å². The van der Waals surface area contributed by atoms with E-state index in [-0.39, 0.29) is 35.4 Å². The lowest BCUT2D eigenvalue weighted by Gasteiger charge is -2.29. The number of sulfonamides is 1. The van der Waals surface area contributed by atoms with Gasteiger partial charge in [-0.3, -0.25) is 9.59 Å². The number of aromatic amines is 1. The van der Waals surface area contributed by atoms with E-state index in [4.69, 9.17) is 5.73 Å². The zero-order chi connectivity index (χ0) is 16.6. The zero-order valence-corrected chi connectivity index (χ0v) is 13.2. The number of carbonyl (C=O) groups is 1. The number of H-pyrrole nitrogens is 1. The number of piperidine rings is 1. The molecule has 0 saturated carbocycles. The molecule has 1 amide bonds. The van der Waals surface area contributed by atoms with Crippen LogP contribution in [0.25, 0.3) is 10.9 Å². The average molecular weight is 335 g/mol. The molecule has 2 aromatic rings. The molecule has 122 valence electrons. The molecule has 0 spiro atoms. The number of aromatic nitrogens is 1. The number of nitrogens with zero attached hydrogens (tertiary/aromatic N) is 1. The van der Waals surface area contributed by atoms with E-state index in [0.717, 1.165) is 0 Å². The fourth-order valence-corrected chi connectivity index (χ4v) is 4.33. The summed E-state index contributed by atoms with van der Waals surface area (Å²) in [4.78, 5) is 25.3. The maximum absolute atomic E-state index is 12.7. The molecular weight excluding hydrogens is 318 g/mol. The van der Waals surface area contributed by atoms with Crippen LogP contribution >= 0.6 is 0 Å². The highest BCUT2D eigenvalue weighted by atomic mass is 32.2. The van der Waals surface area contributed by atoms with Gasteiger partial charge >= 0.3 is 0 Å². The second-order valence-corrected chi connectivity index (χ2v) is 7.59. The Hall–Kier alpha value is -2.19. The Kier molecular flexibility index (Phi) is 3.95. The summed E-state index contributed by atoms with van der Waals surface area (Å²) in [6.45, 7) is 0.555. The molecule has 1 aliphatic rings. The normalized spacial score (nSPS) is 17.4. The lowest BCUT2D eigenvalue weighted by Crippen LogP contribution is -2.41. The van der Waals surface area contributed by atoms with Gasteiger partial charge in [0.25, 0.3) is 0 Å². The quantitative estimate of drug-likeness (QED) is 0.846. The van der Waals surface area contributed by atoms with Crippen LogP contribution in [0.5, 0.6) is 0 Å². The van der Waals surface area contributed by atoms with Gasteiger partial charge in [0.15, 0.2) is 0 Å². The number of pyridine rings is 1. The summed E-state index contributed by atoms with van der Waals surface area (Å²) in [6, 6.07) is 7.55. The van der Waals surface area contributed by atoms with Crippen molar-refractivity contribution in [3.05, 3.63) is 40.7 Å². The minimum absolute atomic E-state index is 0.176. The minimum atomic E-state index is -3.62. The van der Waals surface area contributed by atoms with Crippen molar-refractivity contribution in [1.29, 1.82) is 0 Å². The molecule has 1 fully saturated rings. The van der Waals surface area contributed by atoms with Gasteiger partial charge in [-0.05, 0) is 42.5 Å². The number of primary amides is 1. The Bertz CT molecular complexity index is 912. The average Bonchev–Trinajstić information content (AvgIpc) is 2.54. The molecule has 1 aromatic carbocycles. The van der Waals surface area contributed by atoms with Crippen LogP contribution in [0.3, 0.4) is 0 Å². The summed E-state index contributed by atoms with van der Waals surface area (Å²) in [5, 5.41) is 0.651. The Morgan fingerprint density at radius 1 is 1.17 bits per heavy atom. The van der Waals surface area contributed by atoms with E-state index in [1.807, 2.05) is 0 Å². The van der Waals surface area contributed by atoms with Crippen LogP contribution in [0.4, 0.5) is 0 Å².